The highest BCUT2D eigenvalue weighted by Crippen LogP contribution is 2.31. The fraction of sp³-hybridized carbons (Fsp3) is 0.385. The van der Waals surface area contributed by atoms with Crippen LogP contribution in [0.15, 0.2) is 59.5 Å². The van der Waals surface area contributed by atoms with Crippen molar-refractivity contribution < 1.29 is 21.9 Å². The topological polar surface area (TPSA) is 84.7 Å². The van der Waals surface area contributed by atoms with E-state index in [-0.39, 0.29) is 42.8 Å². The highest BCUT2D eigenvalue weighted by Gasteiger charge is 2.31. The molecule has 1 saturated heterocycles. The number of hydrogen-bond acceptors (Lipinski definition) is 6. The average Bonchev–Trinajstić information content (AvgIpc) is 3.31. The van der Waals surface area contributed by atoms with Gasteiger partial charge >= 0.3 is 5.56 Å². The van der Waals surface area contributed by atoms with Crippen LogP contribution in [0.1, 0.15) is 17.5 Å². The van der Waals surface area contributed by atoms with Gasteiger partial charge in [-0.1, -0.05) is 30.3 Å². The summed E-state index contributed by atoms with van der Waals surface area (Å²) in [6.45, 7) is 0.367. The third-order valence-corrected chi connectivity index (χ3v) is 8.73. The Bertz CT molecular complexity index is 1410. The van der Waals surface area contributed by atoms with E-state index in [1.54, 1.807) is 6.07 Å². The molecular formula is C26H28F2N4O4S. The van der Waals surface area contributed by atoms with Crippen molar-refractivity contribution in [1.82, 2.24) is 14.1 Å². The summed E-state index contributed by atoms with van der Waals surface area (Å²) < 4.78 is 60.2. The van der Waals surface area contributed by atoms with Crippen molar-refractivity contribution in [2.24, 2.45) is 0 Å². The molecule has 1 fully saturated rings. The van der Waals surface area contributed by atoms with Gasteiger partial charge in [-0.2, -0.15) is 14.1 Å². The van der Waals surface area contributed by atoms with Crippen molar-refractivity contribution in [2.75, 3.05) is 43.5 Å². The Morgan fingerprint density at radius 1 is 1.00 bits per heavy atom. The number of halogens is 2. The number of aromatic nitrogens is 2. The van der Waals surface area contributed by atoms with Gasteiger partial charge in [-0.3, -0.25) is 9.18 Å². The lowest BCUT2D eigenvalue weighted by molar-refractivity contribution is 0.209. The third kappa shape index (κ3) is 5.37. The van der Waals surface area contributed by atoms with Crippen molar-refractivity contribution in [2.45, 2.75) is 25.4 Å². The second-order valence-electron chi connectivity index (χ2n) is 9.22. The predicted octanol–water partition coefficient (Wildman–Crippen LogP) is 2.73. The summed E-state index contributed by atoms with van der Waals surface area (Å²) in [6, 6.07) is 13.6. The van der Waals surface area contributed by atoms with E-state index in [1.165, 1.54) is 39.8 Å². The highest BCUT2D eigenvalue weighted by molar-refractivity contribution is 7.89. The summed E-state index contributed by atoms with van der Waals surface area (Å²) in [4.78, 5) is 15.5. The molecule has 0 unspecified atom stereocenters. The monoisotopic (exact) mass is 530 g/mol. The number of sulfonamides is 1. The molecular weight excluding hydrogens is 502 g/mol. The van der Waals surface area contributed by atoms with Crippen LogP contribution in [-0.2, 0) is 22.9 Å². The quantitative estimate of drug-likeness (QED) is 0.445. The first kappa shape index (κ1) is 25.3. The van der Waals surface area contributed by atoms with Gasteiger partial charge in [0, 0.05) is 39.0 Å². The molecule has 8 nitrogen and oxygen atoms in total. The molecule has 2 aliphatic rings. The number of benzene rings is 2. The summed E-state index contributed by atoms with van der Waals surface area (Å²) in [7, 11) is -3.55. The lowest BCUT2D eigenvalue weighted by Gasteiger charge is -2.36. The Hall–Kier alpha value is -3.31. The maximum absolute atomic E-state index is 13.9. The van der Waals surface area contributed by atoms with Crippen LogP contribution in [0.25, 0.3) is 5.69 Å². The SMILES string of the molecule is O=c1c(OC2Cc3ccccc3C2)c(N2CCN(S(=O)(=O)CCCF)CC2)cnn1-c1cccc(F)c1. The van der Waals surface area contributed by atoms with Crippen LogP contribution in [0.4, 0.5) is 14.5 Å². The fourth-order valence-electron chi connectivity index (χ4n) is 4.90. The zero-order chi connectivity index (χ0) is 26.0. The molecule has 196 valence electrons. The second kappa shape index (κ2) is 10.6. The first-order valence-electron chi connectivity index (χ1n) is 12.3. The normalized spacial score (nSPS) is 16.6. The van der Waals surface area contributed by atoms with E-state index in [4.69, 9.17) is 4.74 Å². The molecule has 2 heterocycles. The second-order valence-corrected chi connectivity index (χ2v) is 11.3. The molecule has 0 amide bonds. The molecule has 3 aromatic rings. The van der Waals surface area contributed by atoms with Crippen LogP contribution in [0.5, 0.6) is 5.75 Å². The summed E-state index contributed by atoms with van der Waals surface area (Å²) in [5, 5.41) is 4.29. The zero-order valence-corrected chi connectivity index (χ0v) is 21.0. The molecule has 11 heteroatoms. The summed E-state index contributed by atoms with van der Waals surface area (Å²) >= 11 is 0. The van der Waals surface area contributed by atoms with Gasteiger partial charge in [0.2, 0.25) is 15.8 Å². The number of piperazine rings is 1. The first-order chi connectivity index (χ1) is 17.9. The van der Waals surface area contributed by atoms with Gasteiger partial charge in [0.1, 0.15) is 17.6 Å². The van der Waals surface area contributed by atoms with Gasteiger partial charge in [-0.25, -0.2) is 12.8 Å². The Morgan fingerprint density at radius 2 is 1.70 bits per heavy atom. The molecule has 1 aliphatic carbocycles. The summed E-state index contributed by atoms with van der Waals surface area (Å²) in [6.07, 6.45) is 2.52. The van der Waals surface area contributed by atoms with Gasteiger partial charge < -0.3 is 9.64 Å². The molecule has 37 heavy (non-hydrogen) atoms. The van der Waals surface area contributed by atoms with Gasteiger partial charge in [-0.05, 0) is 35.7 Å². The smallest absolute Gasteiger partial charge is 0.316 e. The van der Waals surface area contributed by atoms with Crippen molar-refractivity contribution >= 4 is 15.7 Å². The third-order valence-electron chi connectivity index (χ3n) is 6.77. The van der Waals surface area contributed by atoms with E-state index < -0.39 is 28.1 Å². The number of ether oxygens (including phenoxy) is 1. The Balaban J connectivity index is 1.44. The minimum absolute atomic E-state index is 0.0352. The zero-order valence-electron chi connectivity index (χ0n) is 20.2. The number of fused-ring (bicyclic) bond motifs is 1. The van der Waals surface area contributed by atoms with Crippen LogP contribution in [0, 0.1) is 5.82 Å². The Kier molecular flexibility index (Phi) is 7.25. The molecule has 0 N–H and O–H groups in total. The minimum atomic E-state index is -3.55. The van der Waals surface area contributed by atoms with Crippen LogP contribution in [0.2, 0.25) is 0 Å². The van der Waals surface area contributed by atoms with Crippen molar-refractivity contribution in [3.63, 3.8) is 0 Å². The molecule has 5 rings (SSSR count). The Morgan fingerprint density at radius 3 is 2.35 bits per heavy atom. The standard InChI is InChI=1S/C26H28F2N4O4S/c27-9-4-14-37(34,35)31-12-10-30(11-13-31)24-18-29-32(22-8-3-7-21(28)17-22)26(33)25(24)36-23-15-19-5-1-2-6-20(19)16-23/h1-3,5-8,17-18,23H,4,9-16H2. The van der Waals surface area contributed by atoms with Gasteiger partial charge in [-0.15, -0.1) is 0 Å². The molecule has 0 spiro atoms. The van der Waals surface area contributed by atoms with E-state index in [2.05, 4.69) is 5.10 Å². The van der Waals surface area contributed by atoms with Crippen molar-refractivity contribution in [3.05, 3.63) is 82.0 Å². The molecule has 0 bridgehead atoms. The van der Waals surface area contributed by atoms with Crippen LogP contribution < -0.4 is 15.2 Å². The van der Waals surface area contributed by atoms with E-state index >= 15 is 0 Å². The maximum atomic E-state index is 13.9. The van der Waals surface area contributed by atoms with E-state index in [9.17, 15) is 22.0 Å². The van der Waals surface area contributed by atoms with Crippen LogP contribution >= 0.6 is 0 Å². The number of nitrogens with zero attached hydrogens (tertiary/aromatic N) is 4. The number of rotatable bonds is 8. The molecule has 0 saturated carbocycles. The molecule has 0 atom stereocenters. The lowest BCUT2D eigenvalue weighted by atomic mass is 10.1. The first-order valence-corrected chi connectivity index (χ1v) is 13.9. The number of hydrogen-bond donors (Lipinski definition) is 0. The summed E-state index contributed by atoms with van der Waals surface area (Å²) in [5.41, 5.74) is 2.56. The average molecular weight is 531 g/mol. The molecule has 2 aromatic carbocycles. The molecule has 1 aromatic heterocycles. The summed E-state index contributed by atoms with van der Waals surface area (Å²) in [5.74, 6) is -0.620. The number of alkyl halides is 1. The lowest BCUT2D eigenvalue weighted by Crippen LogP contribution is -2.49. The Labute approximate surface area is 214 Å². The fourth-order valence-corrected chi connectivity index (χ4v) is 6.35. The van der Waals surface area contributed by atoms with E-state index in [0.717, 1.165) is 4.68 Å². The minimum Gasteiger partial charge on any atom is -0.482 e. The number of anilines is 1. The van der Waals surface area contributed by atoms with Crippen LogP contribution in [-0.4, -0.2) is 67.2 Å². The van der Waals surface area contributed by atoms with Gasteiger partial charge in [0.15, 0.2) is 0 Å². The van der Waals surface area contributed by atoms with Gasteiger partial charge in [0.25, 0.3) is 0 Å². The van der Waals surface area contributed by atoms with E-state index in [0.29, 0.717) is 31.6 Å². The molecule has 0 radical (unpaired) electrons. The van der Waals surface area contributed by atoms with E-state index in [1.807, 2.05) is 29.2 Å². The van der Waals surface area contributed by atoms with Crippen molar-refractivity contribution in [1.29, 1.82) is 0 Å². The van der Waals surface area contributed by atoms with Crippen molar-refractivity contribution in [3.8, 4) is 11.4 Å². The van der Waals surface area contributed by atoms with Gasteiger partial charge in [0.05, 0.1) is 24.3 Å². The predicted molar refractivity (Wildman–Crippen MR) is 136 cm³/mol. The maximum Gasteiger partial charge on any atom is 0.316 e. The highest BCUT2D eigenvalue weighted by atomic mass is 32.2. The largest absolute Gasteiger partial charge is 0.482 e. The van der Waals surface area contributed by atoms with Crippen LogP contribution in [0.3, 0.4) is 0 Å². The molecule has 1 aliphatic heterocycles.